The van der Waals surface area contributed by atoms with Crippen molar-refractivity contribution in [2.24, 2.45) is 0 Å². The van der Waals surface area contributed by atoms with Crippen LogP contribution in [0.1, 0.15) is 18.9 Å². The Morgan fingerprint density at radius 2 is 1.95 bits per heavy atom. The maximum Gasteiger partial charge on any atom is 0.211 e. The Labute approximate surface area is 133 Å². The Kier molecular flexibility index (Phi) is 7.64. The lowest BCUT2D eigenvalue weighted by molar-refractivity contribution is 0.350. The molecule has 0 bridgehead atoms. The fourth-order valence-corrected chi connectivity index (χ4v) is 3.18. The first-order chi connectivity index (χ1) is 10.4. The Morgan fingerprint density at radius 3 is 2.50 bits per heavy atom. The molecule has 0 fully saturated rings. The third-order valence-corrected chi connectivity index (χ3v) is 4.76. The smallest absolute Gasteiger partial charge is 0.211 e. The van der Waals surface area contributed by atoms with Crippen molar-refractivity contribution in [3.05, 3.63) is 23.8 Å². The molecule has 0 aliphatic heterocycles. The van der Waals surface area contributed by atoms with Crippen molar-refractivity contribution in [3.63, 3.8) is 0 Å². The zero-order valence-corrected chi connectivity index (χ0v) is 14.6. The van der Waals surface area contributed by atoms with Gasteiger partial charge in [0.1, 0.15) is 0 Å². The van der Waals surface area contributed by atoms with Gasteiger partial charge in [0, 0.05) is 25.2 Å². The lowest BCUT2D eigenvalue weighted by atomic mass is 10.2. The second-order valence-electron chi connectivity index (χ2n) is 4.94. The fourth-order valence-electron chi connectivity index (χ4n) is 2.25. The normalized spacial score (nSPS) is 11.7. The van der Waals surface area contributed by atoms with Gasteiger partial charge in [0.25, 0.3) is 0 Å². The van der Waals surface area contributed by atoms with Crippen LogP contribution < -0.4 is 14.8 Å². The highest BCUT2D eigenvalue weighted by Crippen LogP contribution is 2.30. The van der Waals surface area contributed by atoms with Crippen molar-refractivity contribution in [2.45, 2.75) is 19.9 Å². The number of para-hydroxylation sites is 1. The molecular weight excluding hydrogens is 304 g/mol. The molecule has 6 nitrogen and oxygen atoms in total. The summed E-state index contributed by atoms with van der Waals surface area (Å²) in [6.45, 7) is 4.24. The molecule has 0 heterocycles. The van der Waals surface area contributed by atoms with Gasteiger partial charge in [-0.2, -0.15) is 0 Å². The molecule has 0 amide bonds. The van der Waals surface area contributed by atoms with E-state index in [1.807, 2.05) is 25.1 Å². The van der Waals surface area contributed by atoms with Crippen LogP contribution in [0, 0.1) is 0 Å². The van der Waals surface area contributed by atoms with Crippen molar-refractivity contribution in [1.82, 2.24) is 9.62 Å². The minimum absolute atomic E-state index is 0.503. The number of nitrogens with zero attached hydrogens (tertiary/aromatic N) is 1. The average Bonchev–Trinajstić information content (AvgIpc) is 2.48. The van der Waals surface area contributed by atoms with Crippen LogP contribution in [0.5, 0.6) is 11.5 Å². The van der Waals surface area contributed by atoms with Crippen LogP contribution in [-0.2, 0) is 16.6 Å². The highest BCUT2D eigenvalue weighted by atomic mass is 32.2. The minimum atomic E-state index is -3.10. The molecule has 7 heteroatoms. The van der Waals surface area contributed by atoms with E-state index in [4.69, 9.17) is 9.47 Å². The van der Waals surface area contributed by atoms with Crippen LogP contribution in [0.15, 0.2) is 18.2 Å². The molecule has 0 aliphatic rings. The Bertz CT molecular complexity index is 561. The minimum Gasteiger partial charge on any atom is -0.493 e. The fraction of sp³-hybridized carbons (Fsp3) is 0.600. The van der Waals surface area contributed by atoms with Crippen LogP contribution >= 0.6 is 0 Å². The van der Waals surface area contributed by atoms with Crippen LogP contribution in [0.4, 0.5) is 0 Å². The average molecular weight is 330 g/mol. The number of hydrogen-bond donors (Lipinski definition) is 1. The largest absolute Gasteiger partial charge is 0.493 e. The summed E-state index contributed by atoms with van der Waals surface area (Å²) >= 11 is 0. The quantitative estimate of drug-likeness (QED) is 0.658. The summed E-state index contributed by atoms with van der Waals surface area (Å²) < 4.78 is 35.1. The molecule has 0 atom stereocenters. The lowest BCUT2D eigenvalue weighted by Crippen LogP contribution is -2.32. The summed E-state index contributed by atoms with van der Waals surface area (Å²) in [7, 11) is 0.123. The third kappa shape index (κ3) is 5.47. The highest BCUT2D eigenvalue weighted by Gasteiger charge is 2.13. The molecule has 22 heavy (non-hydrogen) atoms. The topological polar surface area (TPSA) is 67.9 Å². The van der Waals surface area contributed by atoms with E-state index < -0.39 is 10.0 Å². The van der Waals surface area contributed by atoms with E-state index in [0.717, 1.165) is 24.3 Å². The first kappa shape index (κ1) is 18.7. The number of sulfonamides is 1. The van der Waals surface area contributed by atoms with E-state index in [1.165, 1.54) is 10.6 Å². The molecule has 0 aliphatic carbocycles. The van der Waals surface area contributed by atoms with Crippen molar-refractivity contribution in [3.8, 4) is 11.5 Å². The Morgan fingerprint density at radius 1 is 1.23 bits per heavy atom. The van der Waals surface area contributed by atoms with Crippen LogP contribution in [-0.4, -0.2) is 52.8 Å². The van der Waals surface area contributed by atoms with Gasteiger partial charge in [0.15, 0.2) is 11.5 Å². The van der Waals surface area contributed by atoms with Gasteiger partial charge >= 0.3 is 0 Å². The molecule has 0 radical (unpaired) electrons. The number of ether oxygens (including phenoxy) is 2. The van der Waals surface area contributed by atoms with E-state index >= 15 is 0 Å². The van der Waals surface area contributed by atoms with Crippen LogP contribution in [0.3, 0.4) is 0 Å². The van der Waals surface area contributed by atoms with Gasteiger partial charge in [-0.1, -0.05) is 19.1 Å². The van der Waals surface area contributed by atoms with Gasteiger partial charge in [-0.15, -0.1) is 0 Å². The lowest BCUT2D eigenvalue weighted by Gasteiger charge is -2.18. The van der Waals surface area contributed by atoms with Gasteiger partial charge in [-0.05, 0) is 19.0 Å². The second kappa shape index (κ2) is 8.97. The van der Waals surface area contributed by atoms with E-state index in [2.05, 4.69) is 5.32 Å². The Balaban J connectivity index is 2.46. The van der Waals surface area contributed by atoms with Gasteiger partial charge in [0.2, 0.25) is 10.0 Å². The predicted molar refractivity (Wildman–Crippen MR) is 88.0 cm³/mol. The highest BCUT2D eigenvalue weighted by molar-refractivity contribution is 7.88. The molecule has 126 valence electrons. The first-order valence-corrected chi connectivity index (χ1v) is 9.14. The van der Waals surface area contributed by atoms with Crippen molar-refractivity contribution < 1.29 is 17.9 Å². The van der Waals surface area contributed by atoms with E-state index in [1.54, 1.807) is 14.2 Å². The van der Waals surface area contributed by atoms with E-state index in [-0.39, 0.29) is 0 Å². The number of benzene rings is 1. The number of rotatable bonds is 10. The number of methoxy groups -OCH3 is 2. The molecule has 1 aromatic rings. The van der Waals surface area contributed by atoms with Crippen molar-refractivity contribution >= 4 is 10.0 Å². The summed E-state index contributed by atoms with van der Waals surface area (Å²) in [6.07, 6.45) is 2.00. The standard InChI is InChI=1S/C15H26N2O4S/c1-5-17(22(4,18)19)11-7-10-16-12-13-8-6-9-14(20-2)15(13)21-3/h6,8-9,16H,5,7,10-12H2,1-4H3. The molecule has 1 rings (SSSR count). The van der Waals surface area contributed by atoms with Crippen molar-refractivity contribution in [1.29, 1.82) is 0 Å². The summed E-state index contributed by atoms with van der Waals surface area (Å²) in [5.74, 6) is 1.43. The second-order valence-corrected chi connectivity index (χ2v) is 6.92. The first-order valence-electron chi connectivity index (χ1n) is 7.29. The van der Waals surface area contributed by atoms with Crippen LogP contribution in [0.2, 0.25) is 0 Å². The summed E-state index contributed by atoms with van der Waals surface area (Å²) in [6, 6.07) is 5.75. The third-order valence-electron chi connectivity index (χ3n) is 3.38. The Hall–Kier alpha value is -1.31. The van der Waals surface area contributed by atoms with Gasteiger partial charge in [0.05, 0.1) is 20.5 Å². The molecule has 0 spiro atoms. The molecular formula is C15H26N2O4S. The summed E-state index contributed by atoms with van der Waals surface area (Å²) in [4.78, 5) is 0. The van der Waals surface area contributed by atoms with Gasteiger partial charge in [-0.25, -0.2) is 12.7 Å². The number of nitrogens with one attached hydrogen (secondary N) is 1. The monoisotopic (exact) mass is 330 g/mol. The molecule has 0 unspecified atom stereocenters. The zero-order chi connectivity index (χ0) is 16.6. The van der Waals surface area contributed by atoms with Crippen LogP contribution in [0.25, 0.3) is 0 Å². The molecule has 0 saturated carbocycles. The SMILES string of the molecule is CCN(CCCNCc1cccc(OC)c1OC)S(C)(=O)=O. The molecule has 1 N–H and O–H groups in total. The maximum absolute atomic E-state index is 11.5. The predicted octanol–water partition coefficient (Wildman–Crippen LogP) is 1.47. The van der Waals surface area contributed by atoms with E-state index in [9.17, 15) is 8.42 Å². The van der Waals surface area contributed by atoms with Gasteiger partial charge in [-0.3, -0.25) is 0 Å². The van der Waals surface area contributed by atoms with E-state index in [0.29, 0.717) is 25.4 Å². The van der Waals surface area contributed by atoms with Crippen molar-refractivity contribution in [2.75, 3.05) is 40.1 Å². The maximum atomic E-state index is 11.5. The number of hydrogen-bond acceptors (Lipinski definition) is 5. The van der Waals surface area contributed by atoms with Gasteiger partial charge < -0.3 is 14.8 Å². The summed E-state index contributed by atoms with van der Waals surface area (Å²) in [5.41, 5.74) is 1.01. The molecule has 0 saturated heterocycles. The zero-order valence-electron chi connectivity index (χ0n) is 13.8. The molecule has 0 aromatic heterocycles. The summed E-state index contributed by atoms with van der Waals surface area (Å²) in [5, 5.41) is 3.30. The molecule has 1 aromatic carbocycles.